The Labute approximate surface area is 480 Å². The van der Waals surface area contributed by atoms with Gasteiger partial charge in [-0.3, -0.25) is 43.4 Å². The molecule has 1 aromatic heterocycles. The molecule has 3 fully saturated rings. The Hall–Kier alpha value is -7.93. The maximum atomic E-state index is 14.3. The number of piperazine rings is 1. The van der Waals surface area contributed by atoms with E-state index in [1.54, 1.807) is 31.2 Å². The van der Waals surface area contributed by atoms with Gasteiger partial charge in [0.25, 0.3) is 17.7 Å². The smallest absolute Gasteiger partial charge is 0.444 e. The number of imide groups is 1. The molecule has 10 amide bonds. The van der Waals surface area contributed by atoms with Crippen molar-refractivity contribution in [3.8, 4) is 10.4 Å². The SMILES string of the molecule is Cc1ncsc1-c1ccc(C(C)NC(=O)[C@@H]2C[C@@H](OC(=O)OC(C(=O)N3CCN(C)CC3)c3ccc(NC(=O)C(CCCNC(N)=O)NC(=O)C4(C(=O)NCCCCCN5C(=O)C=CC5=O)CCC4)cc3)CN2C(=O)OC(C)(C)C)cc1. The average Bonchev–Trinajstić information content (AvgIpc) is 3.76. The number of nitrogens with one attached hydrogen (secondary N) is 5. The fraction of sp³-hybridized carbons (Fsp3) is 0.526. The van der Waals surface area contributed by atoms with Gasteiger partial charge in [0.05, 0.1) is 28.7 Å². The van der Waals surface area contributed by atoms with E-state index in [4.69, 9.17) is 19.9 Å². The van der Waals surface area contributed by atoms with Gasteiger partial charge in [0.15, 0.2) is 0 Å². The number of nitrogens with zero attached hydrogens (tertiary/aromatic N) is 5. The minimum absolute atomic E-state index is 0.0486. The molecule has 0 spiro atoms. The lowest BCUT2D eigenvalue weighted by molar-refractivity contribution is -0.151. The van der Waals surface area contributed by atoms with Gasteiger partial charge in [0.1, 0.15) is 29.2 Å². The summed E-state index contributed by atoms with van der Waals surface area (Å²) in [4.78, 5) is 144. The Morgan fingerprint density at radius 1 is 0.829 bits per heavy atom. The molecule has 3 unspecified atom stereocenters. The molecule has 3 aromatic rings. The lowest BCUT2D eigenvalue weighted by atomic mass is 9.67. The molecule has 1 saturated carbocycles. The summed E-state index contributed by atoms with van der Waals surface area (Å²) < 4.78 is 17.3. The number of benzene rings is 2. The lowest BCUT2D eigenvalue weighted by Crippen LogP contribution is -2.58. The van der Waals surface area contributed by atoms with Gasteiger partial charge in [0.2, 0.25) is 29.7 Å². The van der Waals surface area contributed by atoms with Crippen molar-refractivity contribution in [2.75, 3.05) is 64.7 Å². The van der Waals surface area contributed by atoms with Gasteiger partial charge in [-0.25, -0.2) is 19.4 Å². The molecule has 1 aliphatic carbocycles. The summed E-state index contributed by atoms with van der Waals surface area (Å²) in [5.74, 6) is -3.50. The zero-order valence-corrected chi connectivity index (χ0v) is 48.1. The quantitative estimate of drug-likeness (QED) is 0.0327. The Morgan fingerprint density at radius 2 is 1.49 bits per heavy atom. The number of unbranched alkanes of at least 4 members (excludes halogenated alkanes) is 2. The standard InChI is InChI=1S/C57H75N11O13S/c1-35(37-13-15-39(16-14-37)47-36(2)61-34-82-47)62-49(72)43-32-41(33-68(43)54(77)81-56(3,4)5)79-55(78)80-46(50(73)66-30-28-65(6)29-31-66)38-17-19-40(20-18-38)63-48(71)42(12-10-26-60-53(58)76)64-52(75)57(23-11-24-57)51(74)59-25-8-7-9-27-67-44(69)21-22-45(67)70/h13-22,34-35,41-43,46H,7-12,23-33H2,1-6H3,(H,59,74)(H,62,72)(H,63,71)(H,64,75)(H3,58,60,76)/t35?,41-,42?,43+,46?/m1/s1. The van der Waals surface area contributed by atoms with Crippen LogP contribution in [0.5, 0.6) is 0 Å². The Bertz CT molecular complexity index is 2840. The largest absolute Gasteiger partial charge is 0.509 e. The third-order valence-corrected chi connectivity index (χ3v) is 15.9. The summed E-state index contributed by atoms with van der Waals surface area (Å²) in [5, 5.41) is 13.9. The zero-order valence-electron chi connectivity index (χ0n) is 47.3. The number of thiazole rings is 1. The molecule has 4 aliphatic rings. The number of likely N-dealkylation sites (tertiary alicyclic amines) is 1. The van der Waals surface area contributed by atoms with E-state index >= 15 is 0 Å². The maximum absolute atomic E-state index is 14.3. The van der Waals surface area contributed by atoms with Crippen LogP contribution in [0.25, 0.3) is 10.4 Å². The molecule has 82 heavy (non-hydrogen) atoms. The van der Waals surface area contributed by atoms with Crippen molar-refractivity contribution in [2.24, 2.45) is 11.1 Å². The van der Waals surface area contributed by atoms with Crippen LogP contribution in [0.1, 0.15) is 114 Å². The van der Waals surface area contributed by atoms with E-state index in [2.05, 4.69) is 36.5 Å². The van der Waals surface area contributed by atoms with Crippen LogP contribution in [0.4, 0.5) is 20.1 Å². The predicted octanol–water partition coefficient (Wildman–Crippen LogP) is 4.60. The van der Waals surface area contributed by atoms with Gasteiger partial charge in [-0.05, 0) is 110 Å². The first-order chi connectivity index (χ1) is 39.0. The molecule has 24 nitrogen and oxygen atoms in total. The molecule has 2 saturated heterocycles. The summed E-state index contributed by atoms with van der Waals surface area (Å²) in [6, 6.07) is 10.2. The Morgan fingerprint density at radius 3 is 2.10 bits per heavy atom. The van der Waals surface area contributed by atoms with Crippen LogP contribution < -0.4 is 32.3 Å². The molecular weight excluding hydrogens is 1080 g/mol. The number of hydrogen-bond donors (Lipinski definition) is 6. The Balaban J connectivity index is 0.999. The molecule has 5 atom stereocenters. The van der Waals surface area contributed by atoms with E-state index in [0.29, 0.717) is 51.9 Å². The van der Waals surface area contributed by atoms with Crippen LogP contribution in [0.15, 0.2) is 66.2 Å². The van der Waals surface area contributed by atoms with Crippen molar-refractivity contribution < 1.29 is 62.2 Å². The number of urea groups is 1. The van der Waals surface area contributed by atoms with E-state index in [9.17, 15) is 47.9 Å². The highest BCUT2D eigenvalue weighted by Gasteiger charge is 2.51. The monoisotopic (exact) mass is 1150 g/mol. The highest BCUT2D eigenvalue weighted by Crippen LogP contribution is 2.42. The lowest BCUT2D eigenvalue weighted by Gasteiger charge is -2.39. The number of aromatic nitrogens is 1. The number of carbonyl (C=O) groups excluding carboxylic acids is 10. The van der Waals surface area contributed by atoms with Crippen molar-refractivity contribution >= 4 is 76.7 Å². The molecule has 7 N–H and O–H groups in total. The highest BCUT2D eigenvalue weighted by molar-refractivity contribution is 7.13. The average molecular weight is 1150 g/mol. The molecule has 7 rings (SSSR count). The van der Waals surface area contributed by atoms with Gasteiger partial charge in [-0.2, -0.15) is 0 Å². The van der Waals surface area contributed by atoms with Crippen LogP contribution in [0.3, 0.4) is 0 Å². The molecule has 2 aromatic carbocycles. The summed E-state index contributed by atoms with van der Waals surface area (Å²) in [7, 11) is 1.92. The van der Waals surface area contributed by atoms with Gasteiger partial charge in [-0.15, -0.1) is 11.3 Å². The molecule has 4 heterocycles. The van der Waals surface area contributed by atoms with Gasteiger partial charge >= 0.3 is 18.3 Å². The summed E-state index contributed by atoms with van der Waals surface area (Å²) in [6.45, 7) is 11.0. The van der Waals surface area contributed by atoms with Crippen LogP contribution >= 0.6 is 11.3 Å². The van der Waals surface area contributed by atoms with Gasteiger partial charge in [-0.1, -0.05) is 42.8 Å². The van der Waals surface area contributed by atoms with E-state index in [0.717, 1.165) is 26.6 Å². The second-order valence-electron chi connectivity index (χ2n) is 22.1. The van der Waals surface area contributed by atoms with E-state index in [1.165, 1.54) is 52.7 Å². The number of anilines is 1. The first-order valence-electron chi connectivity index (χ1n) is 27.7. The van der Waals surface area contributed by atoms with Crippen LogP contribution in [-0.4, -0.2) is 167 Å². The summed E-state index contributed by atoms with van der Waals surface area (Å²) in [5.41, 5.74) is 7.92. The number of ether oxygens (including phenoxy) is 3. The minimum Gasteiger partial charge on any atom is -0.444 e. The molecule has 0 radical (unpaired) electrons. The van der Waals surface area contributed by atoms with Crippen molar-refractivity contribution in [2.45, 2.75) is 128 Å². The maximum Gasteiger partial charge on any atom is 0.509 e. The fourth-order valence-electron chi connectivity index (χ4n) is 10.00. The number of primary amides is 1. The second kappa shape index (κ2) is 27.7. The number of rotatable bonds is 23. The number of amides is 10. The number of aryl methyl sites for hydroxylation is 1. The number of carbonyl (C=O) groups is 10. The third-order valence-electron chi connectivity index (χ3n) is 14.9. The fourth-order valence-corrected chi connectivity index (χ4v) is 10.8. The summed E-state index contributed by atoms with van der Waals surface area (Å²) >= 11 is 1.53. The van der Waals surface area contributed by atoms with Gasteiger partial charge in [0, 0.05) is 75.6 Å². The van der Waals surface area contributed by atoms with Crippen LogP contribution in [0.2, 0.25) is 0 Å². The minimum atomic E-state index is -1.52. The number of likely N-dealkylation sites (N-methyl/N-ethyl adjacent to an activating group) is 1. The van der Waals surface area contributed by atoms with Crippen LogP contribution in [-0.2, 0) is 47.8 Å². The van der Waals surface area contributed by atoms with E-state index in [1.807, 2.05) is 45.2 Å². The summed E-state index contributed by atoms with van der Waals surface area (Å²) in [6.07, 6.45) is 0.860. The van der Waals surface area contributed by atoms with Crippen molar-refractivity contribution in [3.05, 3.63) is 83.0 Å². The van der Waals surface area contributed by atoms with Crippen molar-refractivity contribution in [1.82, 2.24) is 45.9 Å². The highest BCUT2D eigenvalue weighted by atomic mass is 32.1. The zero-order chi connectivity index (χ0) is 59.3. The van der Waals surface area contributed by atoms with Crippen molar-refractivity contribution in [3.63, 3.8) is 0 Å². The first-order valence-corrected chi connectivity index (χ1v) is 28.6. The molecule has 3 aliphatic heterocycles. The normalized spacial score (nSPS) is 18.8. The van der Waals surface area contributed by atoms with E-state index < -0.39 is 89.2 Å². The van der Waals surface area contributed by atoms with Crippen LogP contribution in [0, 0.1) is 12.3 Å². The number of nitrogens with two attached hydrogens (primary N) is 1. The topological polar surface area (TPSA) is 310 Å². The van der Waals surface area contributed by atoms with E-state index in [-0.39, 0.29) is 81.3 Å². The first kappa shape index (κ1) is 61.7. The second-order valence-corrected chi connectivity index (χ2v) is 23.0. The van der Waals surface area contributed by atoms with Crippen molar-refractivity contribution in [1.29, 1.82) is 0 Å². The predicted molar refractivity (Wildman–Crippen MR) is 301 cm³/mol. The molecular formula is C57H75N11O13S. The molecule has 442 valence electrons. The third kappa shape index (κ3) is 16.2. The number of hydrogen-bond acceptors (Lipinski definition) is 16. The molecule has 25 heteroatoms. The van der Waals surface area contributed by atoms with Gasteiger partial charge < -0.3 is 56.3 Å². The molecule has 0 bridgehead atoms. The Kier molecular flexibility index (Phi) is 20.8.